The number of ether oxygens (including phenoxy) is 1. The Kier molecular flexibility index (Phi) is 5.69. The van der Waals surface area contributed by atoms with Gasteiger partial charge in [0.05, 0.1) is 5.69 Å². The van der Waals surface area contributed by atoms with Crippen LogP contribution in [0.4, 0.5) is 16.2 Å². The fourth-order valence-electron chi connectivity index (χ4n) is 2.94. The van der Waals surface area contributed by atoms with Gasteiger partial charge in [-0.15, -0.1) is 0 Å². The molecular weight excluding hydrogens is 364 g/mol. The molecule has 2 amide bonds. The maximum absolute atomic E-state index is 12.2. The fourth-order valence-corrected chi connectivity index (χ4v) is 2.94. The lowest BCUT2D eigenvalue weighted by atomic mass is 10.00. The molecule has 5 heteroatoms. The third-order valence-electron chi connectivity index (χ3n) is 4.17. The molecule has 5 nitrogen and oxygen atoms in total. The largest absolute Gasteiger partial charge is 0.444 e. The molecule has 0 aliphatic heterocycles. The number of fused-ring (bicyclic) bond motifs is 1. The molecule has 0 fully saturated rings. The Balaban J connectivity index is 1.95. The van der Waals surface area contributed by atoms with Gasteiger partial charge in [0, 0.05) is 11.1 Å². The third-order valence-corrected chi connectivity index (χ3v) is 4.17. The van der Waals surface area contributed by atoms with Crippen LogP contribution in [0.25, 0.3) is 21.9 Å². The van der Waals surface area contributed by atoms with Gasteiger partial charge in [0.1, 0.15) is 5.60 Å². The summed E-state index contributed by atoms with van der Waals surface area (Å²) in [6.45, 7) is 8.95. The topological polar surface area (TPSA) is 67.4 Å². The SMILES string of the molecule is C=CC(=O)Nc1cccc(-c2ccc3cccc(NC(=O)OC(C)(C)C)c3c2)c1. The summed E-state index contributed by atoms with van der Waals surface area (Å²) in [5.41, 5.74) is 2.70. The van der Waals surface area contributed by atoms with Gasteiger partial charge in [-0.05, 0) is 67.6 Å². The van der Waals surface area contributed by atoms with Gasteiger partial charge in [-0.1, -0.05) is 43.0 Å². The van der Waals surface area contributed by atoms with Crippen molar-refractivity contribution in [2.24, 2.45) is 0 Å². The van der Waals surface area contributed by atoms with E-state index in [-0.39, 0.29) is 5.91 Å². The number of benzene rings is 3. The summed E-state index contributed by atoms with van der Waals surface area (Å²) < 4.78 is 5.37. The van der Waals surface area contributed by atoms with Gasteiger partial charge in [0.2, 0.25) is 5.91 Å². The van der Waals surface area contributed by atoms with Gasteiger partial charge in [-0.3, -0.25) is 10.1 Å². The molecule has 0 aliphatic carbocycles. The number of carbonyl (C=O) groups is 2. The molecule has 0 heterocycles. The first-order valence-electron chi connectivity index (χ1n) is 9.32. The highest BCUT2D eigenvalue weighted by atomic mass is 16.6. The van der Waals surface area contributed by atoms with Crippen molar-refractivity contribution in [3.8, 4) is 11.1 Å². The molecule has 3 aromatic rings. The zero-order valence-corrected chi connectivity index (χ0v) is 16.8. The summed E-state index contributed by atoms with van der Waals surface area (Å²) in [4.78, 5) is 23.8. The van der Waals surface area contributed by atoms with Gasteiger partial charge < -0.3 is 10.1 Å². The van der Waals surface area contributed by atoms with Gasteiger partial charge in [0.15, 0.2) is 0 Å². The Morgan fingerprint density at radius 2 is 1.66 bits per heavy atom. The molecule has 0 radical (unpaired) electrons. The highest BCUT2D eigenvalue weighted by molar-refractivity contribution is 6.02. The molecule has 0 aliphatic rings. The van der Waals surface area contributed by atoms with E-state index in [4.69, 9.17) is 4.74 Å². The first kappa shape index (κ1) is 20.1. The number of carbonyl (C=O) groups excluding carboxylic acids is 2. The van der Waals surface area contributed by atoms with Crippen LogP contribution in [0.2, 0.25) is 0 Å². The first-order chi connectivity index (χ1) is 13.7. The highest BCUT2D eigenvalue weighted by Crippen LogP contribution is 2.30. The Labute approximate surface area is 170 Å². The maximum Gasteiger partial charge on any atom is 0.412 e. The summed E-state index contributed by atoms with van der Waals surface area (Å²) >= 11 is 0. The molecule has 0 bridgehead atoms. The summed E-state index contributed by atoms with van der Waals surface area (Å²) in [6.07, 6.45) is 0.738. The summed E-state index contributed by atoms with van der Waals surface area (Å²) in [7, 11) is 0. The standard InChI is InChI=1S/C24H24N2O3/c1-5-22(27)25-19-10-6-9-17(14-19)18-13-12-16-8-7-11-21(20(16)15-18)26-23(28)29-24(2,3)4/h5-15H,1H2,2-4H3,(H,25,27)(H,26,28). The Morgan fingerprint density at radius 3 is 2.38 bits per heavy atom. The monoisotopic (exact) mass is 388 g/mol. The van der Waals surface area contributed by atoms with E-state index in [1.165, 1.54) is 6.08 Å². The smallest absolute Gasteiger partial charge is 0.412 e. The lowest BCUT2D eigenvalue weighted by Crippen LogP contribution is -2.27. The van der Waals surface area contributed by atoms with Crippen LogP contribution in [0, 0.1) is 0 Å². The molecule has 2 N–H and O–H groups in total. The van der Waals surface area contributed by atoms with Gasteiger partial charge in [-0.2, -0.15) is 0 Å². The van der Waals surface area contributed by atoms with Crippen molar-refractivity contribution in [3.63, 3.8) is 0 Å². The minimum atomic E-state index is -0.573. The van der Waals surface area contributed by atoms with E-state index >= 15 is 0 Å². The number of nitrogens with one attached hydrogen (secondary N) is 2. The molecule has 3 aromatic carbocycles. The molecule has 0 saturated carbocycles. The Hall–Kier alpha value is -3.60. The van der Waals surface area contributed by atoms with Crippen molar-refractivity contribution in [1.29, 1.82) is 0 Å². The summed E-state index contributed by atoms with van der Waals surface area (Å²) in [6, 6.07) is 19.3. The molecule has 148 valence electrons. The molecule has 0 spiro atoms. The van der Waals surface area contributed by atoms with Crippen molar-refractivity contribution < 1.29 is 14.3 Å². The van der Waals surface area contributed by atoms with Crippen LogP contribution in [0.3, 0.4) is 0 Å². The van der Waals surface area contributed by atoms with E-state index in [0.29, 0.717) is 11.4 Å². The predicted molar refractivity (Wildman–Crippen MR) is 118 cm³/mol. The second-order valence-corrected chi connectivity index (χ2v) is 7.64. The molecule has 0 atom stereocenters. The van der Waals surface area contributed by atoms with Crippen LogP contribution in [0.1, 0.15) is 20.8 Å². The average molecular weight is 388 g/mol. The van der Waals surface area contributed by atoms with E-state index in [2.05, 4.69) is 17.2 Å². The van der Waals surface area contributed by atoms with E-state index in [9.17, 15) is 9.59 Å². The average Bonchev–Trinajstić information content (AvgIpc) is 2.66. The molecule has 0 saturated heterocycles. The molecule has 3 rings (SSSR count). The van der Waals surface area contributed by atoms with Crippen molar-refractivity contribution in [1.82, 2.24) is 0 Å². The normalized spacial score (nSPS) is 11.0. The lowest BCUT2D eigenvalue weighted by molar-refractivity contribution is -0.111. The van der Waals surface area contributed by atoms with Crippen LogP contribution >= 0.6 is 0 Å². The van der Waals surface area contributed by atoms with Crippen molar-refractivity contribution in [2.45, 2.75) is 26.4 Å². The van der Waals surface area contributed by atoms with Gasteiger partial charge in [-0.25, -0.2) is 4.79 Å². The minimum Gasteiger partial charge on any atom is -0.444 e. The quantitative estimate of drug-likeness (QED) is 0.540. The van der Waals surface area contributed by atoms with Crippen molar-refractivity contribution in [2.75, 3.05) is 10.6 Å². The van der Waals surface area contributed by atoms with E-state index < -0.39 is 11.7 Å². The Morgan fingerprint density at radius 1 is 0.931 bits per heavy atom. The van der Waals surface area contributed by atoms with Gasteiger partial charge in [0.25, 0.3) is 0 Å². The molecule has 0 aromatic heterocycles. The Bertz CT molecular complexity index is 1080. The van der Waals surface area contributed by atoms with Crippen LogP contribution in [0.15, 0.2) is 73.3 Å². The number of hydrogen-bond acceptors (Lipinski definition) is 3. The summed E-state index contributed by atoms with van der Waals surface area (Å²) in [5, 5.41) is 7.50. The molecule has 29 heavy (non-hydrogen) atoms. The molecular formula is C24H24N2O3. The number of anilines is 2. The van der Waals surface area contributed by atoms with Crippen molar-refractivity contribution in [3.05, 3.63) is 73.3 Å². The first-order valence-corrected chi connectivity index (χ1v) is 9.32. The molecule has 0 unspecified atom stereocenters. The highest BCUT2D eigenvalue weighted by Gasteiger charge is 2.17. The number of hydrogen-bond donors (Lipinski definition) is 2. The van der Waals surface area contributed by atoms with Gasteiger partial charge >= 0.3 is 6.09 Å². The third kappa shape index (κ3) is 5.23. The zero-order valence-electron chi connectivity index (χ0n) is 16.8. The van der Waals surface area contributed by atoms with Crippen LogP contribution < -0.4 is 10.6 Å². The lowest BCUT2D eigenvalue weighted by Gasteiger charge is -2.20. The predicted octanol–water partition coefficient (Wildman–Crippen LogP) is 5.98. The number of amides is 2. The van der Waals surface area contributed by atoms with Crippen molar-refractivity contribution >= 4 is 34.1 Å². The van der Waals surface area contributed by atoms with Crippen LogP contribution in [-0.2, 0) is 9.53 Å². The minimum absolute atomic E-state index is 0.260. The maximum atomic E-state index is 12.2. The fraction of sp³-hybridized carbons (Fsp3) is 0.167. The zero-order chi connectivity index (χ0) is 21.0. The second kappa shape index (κ2) is 8.19. The summed E-state index contributed by atoms with van der Waals surface area (Å²) in [5.74, 6) is -0.260. The second-order valence-electron chi connectivity index (χ2n) is 7.64. The number of rotatable bonds is 4. The van der Waals surface area contributed by atoms with E-state index in [1.807, 2.05) is 81.4 Å². The van der Waals surface area contributed by atoms with E-state index in [1.54, 1.807) is 0 Å². The van der Waals surface area contributed by atoms with Crippen LogP contribution in [0.5, 0.6) is 0 Å². The van der Waals surface area contributed by atoms with E-state index in [0.717, 1.165) is 21.9 Å². The van der Waals surface area contributed by atoms with Crippen LogP contribution in [-0.4, -0.2) is 17.6 Å².